The van der Waals surface area contributed by atoms with Gasteiger partial charge in [-0.05, 0) is 29.9 Å². The van der Waals surface area contributed by atoms with E-state index in [0.29, 0.717) is 25.3 Å². The first-order valence-electron chi connectivity index (χ1n) is 7.38. The van der Waals surface area contributed by atoms with Gasteiger partial charge in [0.15, 0.2) is 0 Å². The molecule has 0 unspecified atom stereocenters. The first-order valence-corrected chi connectivity index (χ1v) is 7.38. The normalized spacial score (nSPS) is 12.0. The smallest absolute Gasteiger partial charge is 0.407 e. The molecule has 6 heteroatoms. The molecular weight excluding hydrogens is 284 g/mol. The van der Waals surface area contributed by atoms with Crippen LogP contribution in [0.3, 0.4) is 0 Å². The summed E-state index contributed by atoms with van der Waals surface area (Å²) in [5, 5.41) is 11.2. The fourth-order valence-electron chi connectivity index (χ4n) is 1.88. The predicted octanol–water partition coefficient (Wildman–Crippen LogP) is 2.23. The molecule has 1 amide bonds. The van der Waals surface area contributed by atoms with E-state index in [1.807, 2.05) is 24.3 Å². The second kappa shape index (κ2) is 9.04. The zero-order valence-corrected chi connectivity index (χ0v) is 13.0. The van der Waals surface area contributed by atoms with Gasteiger partial charge in [0.25, 0.3) is 0 Å². The Balaban J connectivity index is 2.26. The fraction of sp³-hybridized carbons (Fsp3) is 0.500. The van der Waals surface area contributed by atoms with Gasteiger partial charge in [0.2, 0.25) is 0 Å². The first kappa shape index (κ1) is 18.0. The number of carboxylic acid groups (broad SMARTS) is 1. The highest BCUT2D eigenvalue weighted by Gasteiger charge is 2.10. The van der Waals surface area contributed by atoms with Crippen LogP contribution < -0.4 is 11.1 Å². The minimum Gasteiger partial charge on any atom is -0.480 e. The zero-order chi connectivity index (χ0) is 16.5. The maximum Gasteiger partial charge on any atom is 0.407 e. The van der Waals surface area contributed by atoms with Crippen molar-refractivity contribution in [3.8, 4) is 0 Å². The lowest BCUT2D eigenvalue weighted by molar-refractivity contribution is -0.138. The van der Waals surface area contributed by atoms with Gasteiger partial charge >= 0.3 is 12.1 Å². The number of nitrogens with two attached hydrogens (primary N) is 1. The Morgan fingerprint density at radius 3 is 2.73 bits per heavy atom. The number of carboxylic acids is 1. The van der Waals surface area contributed by atoms with Crippen LogP contribution >= 0.6 is 0 Å². The maximum atomic E-state index is 11.5. The van der Waals surface area contributed by atoms with Crippen LogP contribution in [-0.2, 0) is 16.1 Å². The van der Waals surface area contributed by atoms with Crippen LogP contribution in [0.15, 0.2) is 24.3 Å². The molecule has 0 aliphatic carbocycles. The summed E-state index contributed by atoms with van der Waals surface area (Å²) in [5.41, 5.74) is 7.50. The number of carbonyl (C=O) groups is 2. The van der Waals surface area contributed by atoms with Gasteiger partial charge in [-0.15, -0.1) is 0 Å². The summed E-state index contributed by atoms with van der Waals surface area (Å²) in [6.07, 6.45) is 0.288. The van der Waals surface area contributed by atoms with Crippen molar-refractivity contribution in [2.75, 3.05) is 6.54 Å². The Hall–Kier alpha value is -2.08. The molecule has 1 atom stereocenters. The number of hydrogen-bond donors (Lipinski definition) is 3. The van der Waals surface area contributed by atoms with Crippen LogP contribution in [0.5, 0.6) is 0 Å². The second-order valence-electron chi connectivity index (χ2n) is 5.49. The van der Waals surface area contributed by atoms with Gasteiger partial charge in [0.1, 0.15) is 12.6 Å². The molecular formula is C16H24N2O4. The maximum absolute atomic E-state index is 11.5. The number of amides is 1. The summed E-state index contributed by atoms with van der Waals surface area (Å²) in [6, 6.07) is 7.02. The van der Waals surface area contributed by atoms with E-state index in [2.05, 4.69) is 19.2 Å². The Morgan fingerprint density at radius 1 is 1.36 bits per heavy atom. The van der Waals surface area contributed by atoms with Crippen LogP contribution in [0.1, 0.15) is 43.7 Å². The topological polar surface area (TPSA) is 102 Å². The molecule has 122 valence electrons. The van der Waals surface area contributed by atoms with Crippen LogP contribution in [0.25, 0.3) is 0 Å². The van der Waals surface area contributed by atoms with Crippen LogP contribution in [0.4, 0.5) is 4.79 Å². The highest BCUT2D eigenvalue weighted by molar-refractivity contribution is 5.73. The van der Waals surface area contributed by atoms with Crippen LogP contribution in [0, 0.1) is 0 Å². The molecule has 1 rings (SSSR count). The van der Waals surface area contributed by atoms with E-state index >= 15 is 0 Å². The molecule has 0 bridgehead atoms. The summed E-state index contributed by atoms with van der Waals surface area (Å²) >= 11 is 0. The summed E-state index contributed by atoms with van der Waals surface area (Å²) in [7, 11) is 0. The van der Waals surface area contributed by atoms with Crippen molar-refractivity contribution in [1.82, 2.24) is 5.32 Å². The van der Waals surface area contributed by atoms with E-state index in [4.69, 9.17) is 15.6 Å². The lowest BCUT2D eigenvalue weighted by atomic mass is 10.0. The highest BCUT2D eigenvalue weighted by atomic mass is 16.5. The predicted molar refractivity (Wildman–Crippen MR) is 83.6 cm³/mol. The van der Waals surface area contributed by atoms with E-state index in [-0.39, 0.29) is 6.61 Å². The summed E-state index contributed by atoms with van der Waals surface area (Å²) < 4.78 is 5.12. The molecule has 6 nitrogen and oxygen atoms in total. The lowest BCUT2D eigenvalue weighted by Gasteiger charge is -2.10. The standard InChI is InChI=1S/C16H24N2O4/c1-11(2)13-6-3-5-12(9-13)10-22-16(21)18-8-4-7-14(17)15(19)20/h3,5-6,9,11,14H,4,7-8,10,17H2,1-2H3,(H,18,21)(H,19,20)/t14-/m0/s1. The summed E-state index contributed by atoms with van der Waals surface area (Å²) in [6.45, 7) is 4.76. The largest absolute Gasteiger partial charge is 0.480 e. The quantitative estimate of drug-likeness (QED) is 0.639. The third-order valence-electron chi connectivity index (χ3n) is 3.27. The molecule has 0 aliphatic heterocycles. The zero-order valence-electron chi connectivity index (χ0n) is 13.0. The number of hydrogen-bond acceptors (Lipinski definition) is 4. The molecule has 0 saturated carbocycles. The summed E-state index contributed by atoms with van der Waals surface area (Å²) in [5.74, 6) is -0.611. The van der Waals surface area contributed by atoms with Crippen molar-refractivity contribution in [3.05, 3.63) is 35.4 Å². The highest BCUT2D eigenvalue weighted by Crippen LogP contribution is 2.16. The van der Waals surface area contributed by atoms with E-state index in [1.165, 1.54) is 5.56 Å². The fourth-order valence-corrected chi connectivity index (χ4v) is 1.88. The molecule has 4 N–H and O–H groups in total. The van der Waals surface area contributed by atoms with Crippen molar-refractivity contribution in [2.24, 2.45) is 5.73 Å². The van der Waals surface area contributed by atoms with E-state index in [1.54, 1.807) is 0 Å². The van der Waals surface area contributed by atoms with Gasteiger partial charge < -0.3 is 20.9 Å². The minimum atomic E-state index is -1.03. The molecule has 0 radical (unpaired) electrons. The lowest BCUT2D eigenvalue weighted by Crippen LogP contribution is -2.32. The van der Waals surface area contributed by atoms with Gasteiger partial charge in [0.05, 0.1) is 0 Å². The van der Waals surface area contributed by atoms with Crippen LogP contribution in [-0.4, -0.2) is 29.8 Å². The molecule has 22 heavy (non-hydrogen) atoms. The first-order chi connectivity index (χ1) is 10.4. The van der Waals surface area contributed by atoms with Crippen molar-refractivity contribution in [1.29, 1.82) is 0 Å². The Morgan fingerprint density at radius 2 is 2.09 bits per heavy atom. The van der Waals surface area contributed by atoms with E-state index in [0.717, 1.165) is 5.56 Å². The van der Waals surface area contributed by atoms with E-state index < -0.39 is 18.1 Å². The van der Waals surface area contributed by atoms with Gasteiger partial charge in [-0.25, -0.2) is 4.79 Å². The number of carbonyl (C=O) groups excluding carboxylic acids is 1. The number of nitrogens with one attached hydrogen (secondary N) is 1. The molecule has 0 heterocycles. The van der Waals surface area contributed by atoms with Gasteiger partial charge in [-0.3, -0.25) is 4.79 Å². The number of rotatable bonds is 8. The Bertz CT molecular complexity index is 503. The minimum absolute atomic E-state index is 0.209. The second-order valence-corrected chi connectivity index (χ2v) is 5.49. The van der Waals surface area contributed by atoms with Crippen molar-refractivity contribution in [2.45, 2.75) is 45.3 Å². The number of benzene rings is 1. The molecule has 1 aromatic carbocycles. The molecule has 0 saturated heterocycles. The van der Waals surface area contributed by atoms with Crippen LogP contribution in [0.2, 0.25) is 0 Å². The Kier molecular flexibility index (Phi) is 7.39. The van der Waals surface area contributed by atoms with Gasteiger partial charge in [-0.2, -0.15) is 0 Å². The average molecular weight is 308 g/mol. The molecule has 0 aliphatic rings. The third kappa shape index (κ3) is 6.58. The number of aliphatic carboxylic acids is 1. The molecule has 0 fully saturated rings. The number of ether oxygens (including phenoxy) is 1. The van der Waals surface area contributed by atoms with Gasteiger partial charge in [-0.1, -0.05) is 38.1 Å². The van der Waals surface area contributed by atoms with Crippen molar-refractivity contribution < 1.29 is 19.4 Å². The third-order valence-corrected chi connectivity index (χ3v) is 3.27. The molecule has 1 aromatic rings. The Labute approximate surface area is 130 Å². The molecule has 0 spiro atoms. The SMILES string of the molecule is CC(C)c1cccc(COC(=O)NCCC[C@H](N)C(=O)O)c1. The average Bonchev–Trinajstić information content (AvgIpc) is 2.49. The van der Waals surface area contributed by atoms with E-state index in [9.17, 15) is 9.59 Å². The monoisotopic (exact) mass is 308 g/mol. The van der Waals surface area contributed by atoms with Crippen molar-refractivity contribution >= 4 is 12.1 Å². The van der Waals surface area contributed by atoms with Crippen molar-refractivity contribution in [3.63, 3.8) is 0 Å². The van der Waals surface area contributed by atoms with Gasteiger partial charge in [0, 0.05) is 6.54 Å². The summed E-state index contributed by atoms with van der Waals surface area (Å²) in [4.78, 5) is 22.1. The molecule has 0 aromatic heterocycles. The number of alkyl carbamates (subject to hydrolysis) is 1.